The molecular weight excluding hydrogens is 238 g/mol. The molecule has 1 amide bonds. The lowest BCUT2D eigenvalue weighted by molar-refractivity contribution is 0.0951. The molecule has 4 heteroatoms. The number of amides is 1. The second-order valence-electron chi connectivity index (χ2n) is 4.18. The first kappa shape index (κ1) is 12.8. The zero-order valence-corrected chi connectivity index (χ0v) is 10.6. The molecule has 0 radical (unpaired) electrons. The van der Waals surface area contributed by atoms with Gasteiger partial charge in [-0.3, -0.25) is 9.78 Å². The van der Waals surface area contributed by atoms with Gasteiger partial charge in [-0.2, -0.15) is 5.26 Å². The quantitative estimate of drug-likeness (QED) is 0.909. The molecule has 0 aliphatic carbocycles. The fourth-order valence-electron chi connectivity index (χ4n) is 1.58. The highest BCUT2D eigenvalue weighted by molar-refractivity contribution is 5.94. The van der Waals surface area contributed by atoms with Crippen molar-refractivity contribution in [3.63, 3.8) is 0 Å². The molecule has 1 aromatic carbocycles. The van der Waals surface area contributed by atoms with Crippen LogP contribution in [-0.4, -0.2) is 10.9 Å². The normalized spacial score (nSPS) is 9.68. The van der Waals surface area contributed by atoms with Crippen molar-refractivity contribution in [1.82, 2.24) is 10.3 Å². The van der Waals surface area contributed by atoms with Gasteiger partial charge in [-0.05, 0) is 42.8 Å². The summed E-state index contributed by atoms with van der Waals surface area (Å²) in [6.07, 6.45) is 1.74. The van der Waals surface area contributed by atoms with Crippen LogP contribution < -0.4 is 5.32 Å². The molecule has 0 saturated carbocycles. The van der Waals surface area contributed by atoms with Gasteiger partial charge in [0.2, 0.25) is 0 Å². The van der Waals surface area contributed by atoms with Gasteiger partial charge in [0.25, 0.3) is 5.91 Å². The Balaban J connectivity index is 1.97. The predicted octanol–water partition coefficient (Wildman–Crippen LogP) is 2.19. The van der Waals surface area contributed by atoms with Gasteiger partial charge in [0, 0.05) is 24.0 Å². The number of benzene rings is 1. The molecule has 2 aromatic rings. The van der Waals surface area contributed by atoms with Crippen LogP contribution >= 0.6 is 0 Å². The Kier molecular flexibility index (Phi) is 3.89. The van der Waals surface area contributed by atoms with E-state index >= 15 is 0 Å². The maximum Gasteiger partial charge on any atom is 0.251 e. The van der Waals surface area contributed by atoms with Crippen molar-refractivity contribution in [1.29, 1.82) is 5.26 Å². The number of aromatic nitrogens is 1. The van der Waals surface area contributed by atoms with Crippen molar-refractivity contribution in [2.75, 3.05) is 0 Å². The van der Waals surface area contributed by atoms with Crippen molar-refractivity contribution in [3.05, 3.63) is 65.0 Å². The third-order valence-electron chi connectivity index (χ3n) is 2.70. The van der Waals surface area contributed by atoms with Gasteiger partial charge in [-0.15, -0.1) is 0 Å². The third-order valence-corrected chi connectivity index (χ3v) is 2.70. The molecule has 0 fully saturated rings. The van der Waals surface area contributed by atoms with E-state index in [1.54, 1.807) is 30.5 Å². The van der Waals surface area contributed by atoms with Crippen molar-refractivity contribution < 1.29 is 4.79 Å². The first-order valence-electron chi connectivity index (χ1n) is 5.89. The zero-order chi connectivity index (χ0) is 13.7. The van der Waals surface area contributed by atoms with Gasteiger partial charge in [-0.1, -0.05) is 6.07 Å². The van der Waals surface area contributed by atoms with E-state index in [2.05, 4.69) is 10.3 Å². The minimum absolute atomic E-state index is 0.162. The second kappa shape index (κ2) is 5.78. The molecule has 0 aliphatic rings. The molecule has 94 valence electrons. The molecule has 4 nitrogen and oxygen atoms in total. The predicted molar refractivity (Wildman–Crippen MR) is 71.3 cm³/mol. The molecule has 19 heavy (non-hydrogen) atoms. The van der Waals surface area contributed by atoms with Crippen LogP contribution in [-0.2, 0) is 6.54 Å². The van der Waals surface area contributed by atoms with Crippen molar-refractivity contribution in [2.45, 2.75) is 13.5 Å². The molecule has 1 N–H and O–H groups in total. The van der Waals surface area contributed by atoms with E-state index in [9.17, 15) is 4.79 Å². The minimum atomic E-state index is -0.162. The largest absolute Gasteiger partial charge is 0.348 e. The maximum atomic E-state index is 11.9. The van der Waals surface area contributed by atoms with Crippen LogP contribution in [0.15, 0.2) is 42.6 Å². The Bertz CT molecular complexity index is 609. The number of pyridine rings is 1. The summed E-state index contributed by atoms with van der Waals surface area (Å²) in [7, 11) is 0. The Morgan fingerprint density at radius 1 is 1.26 bits per heavy atom. The molecule has 1 heterocycles. The fraction of sp³-hybridized carbons (Fsp3) is 0.133. The summed E-state index contributed by atoms with van der Waals surface area (Å²) in [4.78, 5) is 16.0. The van der Waals surface area contributed by atoms with E-state index in [1.807, 2.05) is 25.1 Å². The molecule has 0 saturated heterocycles. The summed E-state index contributed by atoms with van der Waals surface area (Å²) in [6, 6.07) is 12.4. The first-order valence-corrected chi connectivity index (χ1v) is 5.89. The van der Waals surface area contributed by atoms with Gasteiger partial charge >= 0.3 is 0 Å². The number of carbonyl (C=O) groups is 1. The highest BCUT2D eigenvalue weighted by atomic mass is 16.1. The highest BCUT2D eigenvalue weighted by Crippen LogP contribution is 2.04. The van der Waals surface area contributed by atoms with Crippen LogP contribution in [0.1, 0.15) is 27.2 Å². The molecule has 0 unspecified atom stereocenters. The molecule has 1 aromatic heterocycles. The topological polar surface area (TPSA) is 65.8 Å². The lowest BCUT2D eigenvalue weighted by atomic mass is 10.1. The minimum Gasteiger partial charge on any atom is -0.348 e. The number of nitrogens with zero attached hydrogens (tertiary/aromatic N) is 2. The Hall–Kier alpha value is -2.67. The van der Waals surface area contributed by atoms with Gasteiger partial charge in [0.1, 0.15) is 0 Å². The van der Waals surface area contributed by atoms with E-state index in [0.29, 0.717) is 17.7 Å². The van der Waals surface area contributed by atoms with Crippen LogP contribution in [0.4, 0.5) is 0 Å². The highest BCUT2D eigenvalue weighted by Gasteiger charge is 2.05. The van der Waals surface area contributed by atoms with E-state index in [1.165, 1.54) is 0 Å². The summed E-state index contributed by atoms with van der Waals surface area (Å²) in [6.45, 7) is 2.35. The van der Waals surface area contributed by atoms with Crippen molar-refractivity contribution in [3.8, 4) is 6.07 Å². The van der Waals surface area contributed by atoms with Crippen LogP contribution in [0, 0.1) is 18.3 Å². The van der Waals surface area contributed by atoms with Crippen LogP contribution in [0.25, 0.3) is 0 Å². The van der Waals surface area contributed by atoms with E-state index in [0.717, 1.165) is 11.3 Å². The molecular formula is C15H13N3O. The lowest BCUT2D eigenvalue weighted by Crippen LogP contribution is -2.22. The molecule has 2 rings (SSSR count). The molecule has 0 bridgehead atoms. The number of nitrogens with one attached hydrogen (secondary N) is 1. The summed E-state index contributed by atoms with van der Waals surface area (Å²) in [5.74, 6) is -0.162. The van der Waals surface area contributed by atoms with E-state index < -0.39 is 0 Å². The SMILES string of the molecule is Cc1ccc(CNC(=O)c2ccc(C#N)cc2)cn1. The van der Waals surface area contributed by atoms with Crippen LogP contribution in [0.2, 0.25) is 0 Å². The number of hydrogen-bond donors (Lipinski definition) is 1. The van der Waals surface area contributed by atoms with Gasteiger partial charge in [0.05, 0.1) is 11.6 Å². The van der Waals surface area contributed by atoms with E-state index in [-0.39, 0.29) is 5.91 Å². The fourth-order valence-corrected chi connectivity index (χ4v) is 1.58. The number of carbonyl (C=O) groups excluding carboxylic acids is 1. The molecule has 0 atom stereocenters. The molecule has 0 spiro atoms. The van der Waals surface area contributed by atoms with Crippen LogP contribution in [0.5, 0.6) is 0 Å². The maximum absolute atomic E-state index is 11.9. The van der Waals surface area contributed by atoms with Crippen molar-refractivity contribution >= 4 is 5.91 Å². The second-order valence-corrected chi connectivity index (χ2v) is 4.18. The third kappa shape index (κ3) is 3.39. The standard InChI is InChI=1S/C15H13N3O/c1-11-2-3-13(9-17-11)10-18-15(19)14-6-4-12(8-16)5-7-14/h2-7,9H,10H2,1H3,(H,18,19). The monoisotopic (exact) mass is 251 g/mol. The Morgan fingerprint density at radius 2 is 2.00 bits per heavy atom. The smallest absolute Gasteiger partial charge is 0.251 e. The Morgan fingerprint density at radius 3 is 2.58 bits per heavy atom. The summed E-state index contributed by atoms with van der Waals surface area (Å²) < 4.78 is 0. The van der Waals surface area contributed by atoms with Crippen molar-refractivity contribution in [2.24, 2.45) is 0 Å². The first-order chi connectivity index (χ1) is 9.19. The average Bonchev–Trinajstić information content (AvgIpc) is 2.46. The van der Waals surface area contributed by atoms with E-state index in [4.69, 9.17) is 5.26 Å². The van der Waals surface area contributed by atoms with Gasteiger partial charge in [-0.25, -0.2) is 0 Å². The van der Waals surface area contributed by atoms with Gasteiger partial charge < -0.3 is 5.32 Å². The molecule has 0 aliphatic heterocycles. The number of rotatable bonds is 3. The number of nitriles is 1. The van der Waals surface area contributed by atoms with Gasteiger partial charge in [0.15, 0.2) is 0 Å². The lowest BCUT2D eigenvalue weighted by Gasteiger charge is -2.05. The summed E-state index contributed by atoms with van der Waals surface area (Å²) in [5.41, 5.74) is 2.98. The zero-order valence-electron chi connectivity index (χ0n) is 10.6. The summed E-state index contributed by atoms with van der Waals surface area (Å²) >= 11 is 0. The number of aryl methyl sites for hydroxylation is 1. The van der Waals surface area contributed by atoms with Crippen LogP contribution in [0.3, 0.4) is 0 Å². The average molecular weight is 251 g/mol. The number of hydrogen-bond acceptors (Lipinski definition) is 3. The summed E-state index contributed by atoms with van der Waals surface area (Å²) in [5, 5.41) is 11.5. The Labute approximate surface area is 111 Å².